The van der Waals surface area contributed by atoms with Crippen molar-refractivity contribution >= 4 is 17.5 Å². The number of hydrogen-bond acceptors (Lipinski definition) is 4. The molecule has 1 aliphatic heterocycles. The summed E-state index contributed by atoms with van der Waals surface area (Å²) >= 11 is 5.50. The number of piperidine rings is 1. The highest BCUT2D eigenvalue weighted by Gasteiger charge is 2.20. The number of hydrogen-bond donors (Lipinski definition) is 1. The Morgan fingerprint density at radius 1 is 1.58 bits per heavy atom. The third-order valence-electron chi connectivity index (χ3n) is 3.34. The molecule has 0 atom stereocenters. The number of nitrogens with zero attached hydrogens (tertiary/aromatic N) is 3. The number of carbonyl (C=O) groups excluding carboxylic acids is 1. The maximum Gasteiger partial charge on any atom is 0.263 e. The van der Waals surface area contributed by atoms with E-state index in [0.29, 0.717) is 18.5 Å². The Morgan fingerprint density at radius 2 is 2.21 bits per heavy atom. The van der Waals surface area contributed by atoms with Crippen molar-refractivity contribution in [1.82, 2.24) is 15.1 Å². The van der Waals surface area contributed by atoms with Crippen LogP contribution in [0.15, 0.2) is 11.8 Å². The molecule has 1 N–H and O–H groups in total. The summed E-state index contributed by atoms with van der Waals surface area (Å²) in [6.45, 7) is 2.46. The van der Waals surface area contributed by atoms with Gasteiger partial charge in [0, 0.05) is 31.7 Å². The van der Waals surface area contributed by atoms with Gasteiger partial charge in [-0.1, -0.05) is 0 Å². The van der Waals surface area contributed by atoms with Crippen molar-refractivity contribution in [1.29, 1.82) is 5.26 Å². The zero-order chi connectivity index (χ0) is 14.3. The van der Waals surface area contributed by atoms with Crippen molar-refractivity contribution in [2.24, 2.45) is 0 Å². The standard InChI is InChI=1S/C13H21ClN4O/c1-17-7-3-12(4-8-17)18(2)10-11(9-15)13(19)16-6-5-14/h10,12H,3-8H2,1-2H3,(H,16,19)/b11-10-. The zero-order valence-corrected chi connectivity index (χ0v) is 12.3. The van der Waals surface area contributed by atoms with Gasteiger partial charge in [0.1, 0.15) is 11.6 Å². The van der Waals surface area contributed by atoms with Crippen LogP contribution in [0.25, 0.3) is 0 Å². The van der Waals surface area contributed by atoms with Gasteiger partial charge in [0.15, 0.2) is 0 Å². The van der Waals surface area contributed by atoms with Gasteiger partial charge in [-0.05, 0) is 33.0 Å². The second kappa shape index (κ2) is 8.03. The molecule has 1 fully saturated rings. The summed E-state index contributed by atoms with van der Waals surface area (Å²) in [5.41, 5.74) is 0.131. The van der Waals surface area contributed by atoms with E-state index < -0.39 is 0 Å². The van der Waals surface area contributed by atoms with Crippen LogP contribution in [0.1, 0.15) is 12.8 Å². The van der Waals surface area contributed by atoms with E-state index in [1.54, 1.807) is 6.20 Å². The molecule has 0 aromatic rings. The summed E-state index contributed by atoms with van der Waals surface area (Å²) in [6.07, 6.45) is 3.73. The van der Waals surface area contributed by atoms with Gasteiger partial charge >= 0.3 is 0 Å². The summed E-state index contributed by atoms with van der Waals surface area (Å²) in [6, 6.07) is 2.33. The van der Waals surface area contributed by atoms with Crippen molar-refractivity contribution in [3.05, 3.63) is 11.8 Å². The number of nitriles is 1. The Morgan fingerprint density at radius 3 is 2.74 bits per heavy atom. The second-order valence-corrected chi connectivity index (χ2v) is 5.18. The van der Waals surface area contributed by atoms with Crippen LogP contribution in [0.5, 0.6) is 0 Å². The first-order valence-corrected chi connectivity index (χ1v) is 6.98. The molecule has 106 valence electrons. The third-order valence-corrected chi connectivity index (χ3v) is 3.53. The highest BCUT2D eigenvalue weighted by molar-refractivity contribution is 6.18. The minimum Gasteiger partial charge on any atom is -0.376 e. The molecule has 0 aliphatic carbocycles. The molecular weight excluding hydrogens is 264 g/mol. The molecule has 1 rings (SSSR count). The van der Waals surface area contributed by atoms with E-state index in [2.05, 4.69) is 17.3 Å². The molecule has 6 heteroatoms. The lowest BCUT2D eigenvalue weighted by Gasteiger charge is -2.34. The van der Waals surface area contributed by atoms with Gasteiger partial charge in [-0.2, -0.15) is 5.26 Å². The lowest BCUT2D eigenvalue weighted by atomic mass is 10.0. The van der Waals surface area contributed by atoms with E-state index in [0.717, 1.165) is 25.9 Å². The van der Waals surface area contributed by atoms with Crippen LogP contribution in [0.3, 0.4) is 0 Å². The lowest BCUT2D eigenvalue weighted by molar-refractivity contribution is -0.117. The molecule has 0 bridgehead atoms. The van der Waals surface area contributed by atoms with Crippen LogP contribution >= 0.6 is 11.6 Å². The van der Waals surface area contributed by atoms with Gasteiger partial charge in [0.05, 0.1) is 0 Å². The number of likely N-dealkylation sites (tertiary alicyclic amines) is 1. The van der Waals surface area contributed by atoms with Crippen LogP contribution in [-0.2, 0) is 4.79 Å². The zero-order valence-electron chi connectivity index (χ0n) is 11.5. The summed E-state index contributed by atoms with van der Waals surface area (Å²) < 4.78 is 0. The molecule has 0 saturated carbocycles. The number of rotatable bonds is 5. The van der Waals surface area contributed by atoms with Crippen molar-refractivity contribution in [2.75, 3.05) is 39.6 Å². The minimum atomic E-state index is -0.358. The van der Waals surface area contributed by atoms with Crippen LogP contribution in [-0.4, -0.2) is 61.4 Å². The lowest BCUT2D eigenvalue weighted by Crippen LogP contribution is -2.40. The second-order valence-electron chi connectivity index (χ2n) is 4.80. The molecule has 1 heterocycles. The van der Waals surface area contributed by atoms with Crippen molar-refractivity contribution in [3.63, 3.8) is 0 Å². The maximum absolute atomic E-state index is 11.7. The Labute approximate surface area is 119 Å². The molecule has 0 unspecified atom stereocenters. The minimum absolute atomic E-state index is 0.131. The van der Waals surface area contributed by atoms with E-state index in [-0.39, 0.29) is 11.5 Å². The number of alkyl halides is 1. The normalized spacial score (nSPS) is 17.9. The van der Waals surface area contributed by atoms with Crippen molar-refractivity contribution < 1.29 is 4.79 Å². The Hall–Kier alpha value is -1.25. The third kappa shape index (κ3) is 5.09. The van der Waals surface area contributed by atoms with Crippen LogP contribution in [0.4, 0.5) is 0 Å². The molecule has 5 nitrogen and oxygen atoms in total. The molecule has 19 heavy (non-hydrogen) atoms. The largest absolute Gasteiger partial charge is 0.376 e. The fraction of sp³-hybridized carbons (Fsp3) is 0.692. The van der Waals surface area contributed by atoms with Crippen LogP contribution in [0.2, 0.25) is 0 Å². The van der Waals surface area contributed by atoms with E-state index in [4.69, 9.17) is 16.9 Å². The maximum atomic E-state index is 11.7. The predicted octanol–water partition coefficient (Wildman–Crippen LogP) is 0.775. The average Bonchev–Trinajstić information content (AvgIpc) is 2.42. The molecule has 0 aromatic carbocycles. The first-order chi connectivity index (χ1) is 9.08. The molecule has 0 spiro atoms. The van der Waals surface area contributed by atoms with Crippen molar-refractivity contribution in [3.8, 4) is 6.07 Å². The van der Waals surface area contributed by atoms with E-state index >= 15 is 0 Å². The topological polar surface area (TPSA) is 59.4 Å². The smallest absolute Gasteiger partial charge is 0.263 e. The molecule has 0 radical (unpaired) electrons. The molecule has 1 aliphatic rings. The van der Waals surface area contributed by atoms with Crippen LogP contribution < -0.4 is 5.32 Å². The van der Waals surface area contributed by atoms with E-state index in [1.165, 1.54) is 0 Å². The fourth-order valence-corrected chi connectivity index (χ4v) is 2.20. The highest BCUT2D eigenvalue weighted by Crippen LogP contribution is 2.15. The Bertz CT molecular complexity index is 369. The molecule has 1 amide bonds. The summed E-state index contributed by atoms with van der Waals surface area (Å²) in [4.78, 5) is 16.0. The van der Waals surface area contributed by atoms with Crippen LogP contribution in [0, 0.1) is 11.3 Å². The Balaban J connectivity index is 2.59. The predicted molar refractivity (Wildman–Crippen MR) is 75.7 cm³/mol. The first-order valence-electron chi connectivity index (χ1n) is 6.45. The Kier molecular flexibility index (Phi) is 6.68. The van der Waals surface area contributed by atoms with Gasteiger partial charge in [0.25, 0.3) is 5.91 Å². The summed E-state index contributed by atoms with van der Waals surface area (Å²) in [7, 11) is 4.02. The fourth-order valence-electron chi connectivity index (χ4n) is 2.11. The first kappa shape index (κ1) is 15.8. The van der Waals surface area contributed by atoms with Gasteiger partial charge < -0.3 is 15.1 Å². The van der Waals surface area contributed by atoms with Gasteiger partial charge in [-0.3, -0.25) is 4.79 Å². The SMILES string of the molecule is CN1CCC(N(C)/C=C(/C#N)C(=O)NCCCl)CC1. The summed E-state index contributed by atoms with van der Waals surface area (Å²) in [5.74, 6) is -0.0159. The highest BCUT2D eigenvalue weighted by atomic mass is 35.5. The number of carbonyl (C=O) groups is 1. The van der Waals surface area contributed by atoms with E-state index in [9.17, 15) is 4.79 Å². The van der Waals surface area contributed by atoms with Gasteiger partial charge in [-0.15, -0.1) is 11.6 Å². The van der Waals surface area contributed by atoms with E-state index in [1.807, 2.05) is 18.0 Å². The number of amides is 1. The molecular formula is C13H21ClN4O. The van der Waals surface area contributed by atoms with Gasteiger partial charge in [-0.25, -0.2) is 0 Å². The molecule has 0 aromatic heterocycles. The molecule has 1 saturated heterocycles. The number of nitrogens with one attached hydrogen (secondary N) is 1. The average molecular weight is 285 g/mol. The quantitative estimate of drug-likeness (QED) is 0.460. The monoisotopic (exact) mass is 284 g/mol. The van der Waals surface area contributed by atoms with Crippen molar-refractivity contribution in [2.45, 2.75) is 18.9 Å². The summed E-state index contributed by atoms with van der Waals surface area (Å²) in [5, 5.41) is 11.6. The number of halogens is 1. The van der Waals surface area contributed by atoms with Gasteiger partial charge in [0.2, 0.25) is 0 Å².